The summed E-state index contributed by atoms with van der Waals surface area (Å²) in [5.74, 6) is 0.308. The van der Waals surface area contributed by atoms with Crippen LogP contribution in [0.3, 0.4) is 0 Å². The van der Waals surface area contributed by atoms with Crippen LogP contribution in [-0.4, -0.2) is 5.78 Å². The van der Waals surface area contributed by atoms with Crippen molar-refractivity contribution >= 4 is 11.9 Å². The predicted octanol–water partition coefficient (Wildman–Crippen LogP) is 4.49. The summed E-state index contributed by atoms with van der Waals surface area (Å²) in [6.45, 7) is 0. The smallest absolute Gasteiger partial charge is 0.158 e. The van der Waals surface area contributed by atoms with Crippen molar-refractivity contribution in [3.63, 3.8) is 0 Å². The molecule has 1 fully saturated rings. The Hall–Kier alpha value is -2.15. The number of ketones is 1. The molecule has 0 N–H and O–H groups in total. The van der Waals surface area contributed by atoms with Gasteiger partial charge in [0.1, 0.15) is 0 Å². The normalized spacial score (nSPS) is 17.1. The maximum Gasteiger partial charge on any atom is 0.158 e. The second-order valence-electron chi connectivity index (χ2n) is 4.90. The molecule has 0 bridgehead atoms. The summed E-state index contributed by atoms with van der Waals surface area (Å²) in [5.41, 5.74) is 4.50. The molecule has 0 aromatic heterocycles. The van der Waals surface area contributed by atoms with Gasteiger partial charge in [0.05, 0.1) is 0 Å². The Bertz CT molecular complexity index is 623. The van der Waals surface area contributed by atoms with Crippen molar-refractivity contribution in [1.82, 2.24) is 0 Å². The highest BCUT2D eigenvalue weighted by atomic mass is 16.1. The number of allylic oxidation sites excluding steroid dienone is 1. The van der Waals surface area contributed by atoms with Crippen LogP contribution in [0.2, 0.25) is 0 Å². The van der Waals surface area contributed by atoms with Crippen molar-refractivity contribution in [2.75, 3.05) is 0 Å². The quantitative estimate of drug-likeness (QED) is 0.716. The van der Waals surface area contributed by atoms with Gasteiger partial charge in [-0.15, -0.1) is 0 Å². The minimum atomic E-state index is 0.308. The first-order valence-electron chi connectivity index (χ1n) is 6.73. The predicted molar refractivity (Wildman–Crippen MR) is 78.7 cm³/mol. The molecule has 0 unspecified atom stereocenters. The Morgan fingerprint density at radius 1 is 0.842 bits per heavy atom. The van der Waals surface area contributed by atoms with Crippen LogP contribution < -0.4 is 0 Å². The van der Waals surface area contributed by atoms with Crippen molar-refractivity contribution in [3.05, 3.63) is 65.7 Å². The van der Waals surface area contributed by atoms with Gasteiger partial charge in [0.25, 0.3) is 0 Å². The van der Waals surface area contributed by atoms with E-state index < -0.39 is 0 Å². The molecule has 0 radical (unpaired) electrons. The zero-order chi connectivity index (χ0) is 13.1. The molecule has 2 aromatic carbocycles. The van der Waals surface area contributed by atoms with Crippen LogP contribution in [0.4, 0.5) is 0 Å². The zero-order valence-corrected chi connectivity index (χ0v) is 10.8. The number of benzene rings is 2. The van der Waals surface area contributed by atoms with E-state index in [1.807, 2.05) is 30.3 Å². The maximum absolute atomic E-state index is 11.8. The van der Waals surface area contributed by atoms with Crippen LogP contribution >= 0.6 is 0 Å². The monoisotopic (exact) mass is 248 g/mol. The highest BCUT2D eigenvalue weighted by Crippen LogP contribution is 2.28. The molecule has 0 aliphatic heterocycles. The van der Waals surface area contributed by atoms with Crippen molar-refractivity contribution in [2.45, 2.75) is 19.3 Å². The van der Waals surface area contributed by atoms with Crippen LogP contribution in [0, 0.1) is 0 Å². The second-order valence-corrected chi connectivity index (χ2v) is 4.90. The molecule has 1 aliphatic carbocycles. The second kappa shape index (κ2) is 5.23. The van der Waals surface area contributed by atoms with Gasteiger partial charge in [-0.25, -0.2) is 0 Å². The third kappa shape index (κ3) is 2.50. The summed E-state index contributed by atoms with van der Waals surface area (Å²) >= 11 is 0. The first-order valence-corrected chi connectivity index (χ1v) is 6.73. The largest absolute Gasteiger partial charge is 0.295 e. The highest BCUT2D eigenvalue weighted by molar-refractivity contribution is 6.02. The van der Waals surface area contributed by atoms with E-state index in [1.165, 1.54) is 11.1 Å². The average molecular weight is 248 g/mol. The molecule has 0 amide bonds. The third-order valence-corrected chi connectivity index (χ3v) is 3.58. The summed E-state index contributed by atoms with van der Waals surface area (Å²) in [4.78, 5) is 11.8. The number of Topliss-reactive ketones (excluding diaryl/α,β-unsaturated/α-hetero) is 1. The van der Waals surface area contributed by atoms with Gasteiger partial charge >= 0.3 is 0 Å². The number of carbonyl (C=O) groups is 1. The fraction of sp³-hybridized carbons (Fsp3) is 0.167. The van der Waals surface area contributed by atoms with Gasteiger partial charge in [-0.05, 0) is 41.2 Å². The van der Waals surface area contributed by atoms with Gasteiger partial charge in [0.2, 0.25) is 0 Å². The van der Waals surface area contributed by atoms with Gasteiger partial charge in [-0.3, -0.25) is 4.79 Å². The van der Waals surface area contributed by atoms with Crippen molar-refractivity contribution in [3.8, 4) is 11.1 Å². The molecule has 0 spiro atoms. The van der Waals surface area contributed by atoms with E-state index in [0.717, 1.165) is 24.0 Å². The SMILES string of the molecule is O=C1CCCC1=Cc1ccccc1-c1ccccc1. The lowest BCUT2D eigenvalue weighted by Crippen LogP contribution is -1.92. The molecular weight excluding hydrogens is 232 g/mol. The van der Waals surface area contributed by atoms with E-state index in [1.54, 1.807) is 0 Å². The van der Waals surface area contributed by atoms with E-state index in [9.17, 15) is 4.79 Å². The van der Waals surface area contributed by atoms with Gasteiger partial charge in [0, 0.05) is 6.42 Å². The summed E-state index contributed by atoms with van der Waals surface area (Å²) < 4.78 is 0. The molecule has 19 heavy (non-hydrogen) atoms. The standard InChI is InChI=1S/C18H16O/c19-18-12-6-10-16(18)13-15-9-4-5-11-17(15)14-7-2-1-3-8-14/h1-5,7-9,11,13H,6,10,12H2. The summed E-state index contributed by atoms with van der Waals surface area (Å²) in [6.07, 6.45) is 4.69. The molecule has 1 saturated carbocycles. The molecule has 1 heteroatoms. The van der Waals surface area contributed by atoms with Crippen LogP contribution in [0.5, 0.6) is 0 Å². The van der Waals surface area contributed by atoms with Crippen LogP contribution in [-0.2, 0) is 4.79 Å². The fourth-order valence-electron chi connectivity index (χ4n) is 2.58. The molecule has 3 rings (SSSR count). The van der Waals surface area contributed by atoms with Crippen molar-refractivity contribution < 1.29 is 4.79 Å². The molecule has 94 valence electrons. The van der Waals surface area contributed by atoms with Crippen LogP contribution in [0.15, 0.2) is 60.2 Å². The van der Waals surface area contributed by atoms with Crippen LogP contribution in [0.1, 0.15) is 24.8 Å². The summed E-state index contributed by atoms with van der Waals surface area (Å²) in [7, 11) is 0. The lowest BCUT2D eigenvalue weighted by molar-refractivity contribution is -0.114. The van der Waals surface area contributed by atoms with E-state index >= 15 is 0 Å². The average Bonchev–Trinajstić information content (AvgIpc) is 2.86. The topological polar surface area (TPSA) is 17.1 Å². The highest BCUT2D eigenvalue weighted by Gasteiger charge is 2.17. The summed E-state index contributed by atoms with van der Waals surface area (Å²) in [6, 6.07) is 18.6. The first kappa shape index (κ1) is 11.9. The fourth-order valence-corrected chi connectivity index (χ4v) is 2.58. The van der Waals surface area contributed by atoms with Gasteiger partial charge in [-0.2, -0.15) is 0 Å². The minimum absolute atomic E-state index is 0.308. The Labute approximate surface area is 113 Å². The van der Waals surface area contributed by atoms with Gasteiger partial charge < -0.3 is 0 Å². The minimum Gasteiger partial charge on any atom is -0.295 e. The van der Waals surface area contributed by atoms with Gasteiger partial charge in [0.15, 0.2) is 5.78 Å². The maximum atomic E-state index is 11.8. The number of carbonyl (C=O) groups excluding carboxylic acids is 1. The van der Waals surface area contributed by atoms with Crippen molar-refractivity contribution in [2.24, 2.45) is 0 Å². The molecule has 0 atom stereocenters. The lowest BCUT2D eigenvalue weighted by atomic mass is 9.97. The number of hydrogen-bond acceptors (Lipinski definition) is 1. The van der Waals surface area contributed by atoms with Crippen molar-refractivity contribution in [1.29, 1.82) is 0 Å². The van der Waals surface area contributed by atoms with E-state index in [4.69, 9.17) is 0 Å². The first-order chi connectivity index (χ1) is 9.34. The summed E-state index contributed by atoms with van der Waals surface area (Å²) in [5, 5.41) is 0. The van der Waals surface area contributed by atoms with Gasteiger partial charge in [-0.1, -0.05) is 54.6 Å². The number of hydrogen-bond donors (Lipinski definition) is 0. The Morgan fingerprint density at radius 3 is 2.32 bits per heavy atom. The zero-order valence-electron chi connectivity index (χ0n) is 10.8. The molecule has 1 nitrogen and oxygen atoms in total. The Kier molecular flexibility index (Phi) is 3.28. The third-order valence-electron chi connectivity index (χ3n) is 3.58. The molecule has 1 aliphatic rings. The van der Waals surface area contributed by atoms with Crippen LogP contribution in [0.25, 0.3) is 17.2 Å². The molecular formula is C18H16O. The molecule has 0 heterocycles. The Morgan fingerprint density at radius 2 is 1.58 bits per heavy atom. The van der Waals surface area contributed by atoms with E-state index in [2.05, 4.69) is 30.3 Å². The molecule has 0 saturated heterocycles. The van der Waals surface area contributed by atoms with E-state index in [-0.39, 0.29) is 0 Å². The van der Waals surface area contributed by atoms with E-state index in [0.29, 0.717) is 12.2 Å². The Balaban J connectivity index is 2.06. The molecule has 2 aromatic rings. The number of rotatable bonds is 2. The lowest BCUT2D eigenvalue weighted by Gasteiger charge is -2.07.